The van der Waals surface area contributed by atoms with Gasteiger partial charge in [0.1, 0.15) is 10.7 Å². The second-order valence-corrected chi connectivity index (χ2v) is 5.89. The van der Waals surface area contributed by atoms with Gasteiger partial charge in [-0.25, -0.2) is 12.8 Å². The Kier molecular flexibility index (Phi) is 4.18. The van der Waals surface area contributed by atoms with Crippen LogP contribution in [0.25, 0.3) is 0 Å². The predicted octanol–water partition coefficient (Wildman–Crippen LogP) is 2.22. The first-order valence-corrected chi connectivity index (χ1v) is 7.33. The molecule has 0 aliphatic carbocycles. The van der Waals surface area contributed by atoms with Crippen LogP contribution in [-0.2, 0) is 10.0 Å². The zero-order valence-corrected chi connectivity index (χ0v) is 11.8. The Hall–Kier alpha value is -2.48. The van der Waals surface area contributed by atoms with Crippen molar-refractivity contribution < 1.29 is 18.0 Å². The van der Waals surface area contributed by atoms with E-state index < -0.39 is 15.8 Å². The van der Waals surface area contributed by atoms with Gasteiger partial charge in [0.2, 0.25) is 0 Å². The van der Waals surface area contributed by atoms with Gasteiger partial charge in [-0.05, 0) is 30.7 Å². The number of rotatable bonds is 4. The highest BCUT2D eigenvalue weighted by Crippen LogP contribution is 2.17. The van der Waals surface area contributed by atoms with Crippen LogP contribution in [0.3, 0.4) is 0 Å². The van der Waals surface area contributed by atoms with Crippen molar-refractivity contribution >= 4 is 21.4 Å². The Morgan fingerprint density at radius 2 is 1.95 bits per heavy atom. The van der Waals surface area contributed by atoms with Crippen LogP contribution in [0.2, 0.25) is 0 Å². The van der Waals surface area contributed by atoms with Gasteiger partial charge in [-0.15, -0.1) is 0 Å². The average molecular weight is 309 g/mol. The van der Waals surface area contributed by atoms with E-state index in [4.69, 9.17) is 5.21 Å². The Morgan fingerprint density at radius 3 is 2.52 bits per heavy atom. The number of anilines is 1. The first kappa shape index (κ1) is 14.9. The maximum Gasteiger partial charge on any atom is 0.263 e. The number of halogens is 1. The lowest BCUT2D eigenvalue weighted by Gasteiger charge is -2.08. The van der Waals surface area contributed by atoms with Crippen molar-refractivity contribution in [2.45, 2.75) is 11.8 Å². The molecule has 1 aromatic carbocycles. The highest BCUT2D eigenvalue weighted by molar-refractivity contribution is 7.92. The quantitative estimate of drug-likeness (QED) is 0.514. The number of hydrogen-bond acceptors (Lipinski definition) is 5. The van der Waals surface area contributed by atoms with E-state index in [0.29, 0.717) is 17.0 Å². The van der Waals surface area contributed by atoms with Crippen molar-refractivity contribution in [3.8, 4) is 0 Å². The number of aromatic nitrogens is 1. The van der Waals surface area contributed by atoms with E-state index in [9.17, 15) is 12.8 Å². The lowest BCUT2D eigenvalue weighted by molar-refractivity contribution is 0.319. The number of sulfonamides is 1. The summed E-state index contributed by atoms with van der Waals surface area (Å²) in [5.41, 5.74) is 1.35. The molecule has 110 valence electrons. The van der Waals surface area contributed by atoms with Crippen LogP contribution in [0.1, 0.15) is 12.5 Å². The van der Waals surface area contributed by atoms with Crippen LogP contribution in [0.4, 0.5) is 10.1 Å². The zero-order chi connectivity index (χ0) is 15.5. The third kappa shape index (κ3) is 3.54. The zero-order valence-electron chi connectivity index (χ0n) is 11.0. The number of nitrogens with zero attached hydrogens (tertiary/aromatic N) is 2. The van der Waals surface area contributed by atoms with Crippen molar-refractivity contribution in [2.75, 3.05) is 4.72 Å². The molecule has 0 saturated carbocycles. The van der Waals surface area contributed by atoms with Gasteiger partial charge in [-0.2, -0.15) is 0 Å². The van der Waals surface area contributed by atoms with Gasteiger partial charge in [-0.3, -0.25) is 9.71 Å². The number of oxime groups is 1. The highest BCUT2D eigenvalue weighted by atomic mass is 32.2. The maximum atomic E-state index is 13.0. The lowest BCUT2D eigenvalue weighted by atomic mass is 10.1. The molecule has 0 atom stereocenters. The number of pyridine rings is 1. The molecule has 0 radical (unpaired) electrons. The highest BCUT2D eigenvalue weighted by Gasteiger charge is 2.15. The van der Waals surface area contributed by atoms with Crippen molar-refractivity contribution in [1.82, 2.24) is 4.98 Å². The molecular formula is C13H12FN3O3S. The van der Waals surface area contributed by atoms with Gasteiger partial charge in [0.15, 0.2) is 0 Å². The van der Waals surface area contributed by atoms with Crippen molar-refractivity contribution in [2.24, 2.45) is 5.16 Å². The Balaban J connectivity index is 2.25. The molecule has 2 rings (SSSR count). The molecule has 2 aromatic rings. The number of nitrogens with one attached hydrogen (secondary N) is 1. The smallest absolute Gasteiger partial charge is 0.263 e. The average Bonchev–Trinajstić information content (AvgIpc) is 2.47. The fourth-order valence-electron chi connectivity index (χ4n) is 1.59. The summed E-state index contributed by atoms with van der Waals surface area (Å²) in [5, 5.41) is 11.7. The molecule has 8 heteroatoms. The SMILES string of the molecule is CC(=NO)c1ccc(NS(=O)(=O)c2cncc(F)c2)cc1. The Bertz CT molecular complexity index is 774. The maximum absolute atomic E-state index is 13.0. The standard InChI is InChI=1S/C13H12FN3O3S/c1-9(16-18)10-2-4-12(5-3-10)17-21(19,20)13-6-11(14)7-15-8-13/h2-8,17-18H,1H3. The number of hydrogen-bond donors (Lipinski definition) is 2. The minimum absolute atomic E-state index is 0.264. The normalized spacial score (nSPS) is 12.2. The Morgan fingerprint density at radius 1 is 1.29 bits per heavy atom. The van der Waals surface area contributed by atoms with Crippen LogP contribution in [0.15, 0.2) is 52.8 Å². The second-order valence-electron chi connectivity index (χ2n) is 4.21. The molecule has 0 aliphatic heterocycles. The molecule has 1 aromatic heterocycles. The molecule has 0 amide bonds. The number of benzene rings is 1. The minimum Gasteiger partial charge on any atom is -0.411 e. The van der Waals surface area contributed by atoms with Gasteiger partial charge in [0.05, 0.1) is 11.9 Å². The topological polar surface area (TPSA) is 91.7 Å². The summed E-state index contributed by atoms with van der Waals surface area (Å²) in [6, 6.07) is 7.09. The molecule has 2 N–H and O–H groups in total. The molecule has 0 bridgehead atoms. The van der Waals surface area contributed by atoms with Crippen LogP contribution >= 0.6 is 0 Å². The second kappa shape index (κ2) is 5.88. The van der Waals surface area contributed by atoms with E-state index in [0.717, 1.165) is 18.5 Å². The van der Waals surface area contributed by atoms with Crippen LogP contribution in [0, 0.1) is 5.82 Å². The molecule has 21 heavy (non-hydrogen) atoms. The first-order chi connectivity index (χ1) is 9.92. The fourth-order valence-corrected chi connectivity index (χ4v) is 2.62. The van der Waals surface area contributed by atoms with Crippen molar-refractivity contribution in [1.29, 1.82) is 0 Å². The molecule has 0 fully saturated rings. The minimum atomic E-state index is -3.91. The van der Waals surface area contributed by atoms with E-state index in [1.165, 1.54) is 12.1 Å². The molecule has 6 nitrogen and oxygen atoms in total. The third-order valence-electron chi connectivity index (χ3n) is 2.69. The van der Waals surface area contributed by atoms with Gasteiger partial charge in [0.25, 0.3) is 10.0 Å². The first-order valence-electron chi connectivity index (χ1n) is 5.85. The van der Waals surface area contributed by atoms with E-state index in [-0.39, 0.29) is 4.90 Å². The molecule has 0 saturated heterocycles. The summed E-state index contributed by atoms with van der Waals surface area (Å²) >= 11 is 0. The molecule has 0 spiro atoms. The molecule has 1 heterocycles. The van der Waals surface area contributed by atoms with Gasteiger partial charge in [0, 0.05) is 11.9 Å². The molecule has 0 unspecified atom stereocenters. The van der Waals surface area contributed by atoms with E-state index >= 15 is 0 Å². The van der Waals surface area contributed by atoms with Crippen LogP contribution in [0.5, 0.6) is 0 Å². The van der Waals surface area contributed by atoms with Crippen LogP contribution < -0.4 is 4.72 Å². The predicted molar refractivity (Wildman–Crippen MR) is 75.4 cm³/mol. The van der Waals surface area contributed by atoms with E-state index in [2.05, 4.69) is 14.9 Å². The summed E-state index contributed by atoms with van der Waals surface area (Å²) < 4.78 is 39.4. The molecule has 0 aliphatic rings. The summed E-state index contributed by atoms with van der Waals surface area (Å²) in [6.45, 7) is 1.61. The summed E-state index contributed by atoms with van der Waals surface area (Å²) in [5.74, 6) is -0.733. The summed E-state index contributed by atoms with van der Waals surface area (Å²) in [7, 11) is -3.91. The lowest BCUT2D eigenvalue weighted by Crippen LogP contribution is -2.13. The van der Waals surface area contributed by atoms with Crippen molar-refractivity contribution in [3.05, 3.63) is 54.1 Å². The van der Waals surface area contributed by atoms with Gasteiger partial charge >= 0.3 is 0 Å². The van der Waals surface area contributed by atoms with Gasteiger partial charge in [-0.1, -0.05) is 17.3 Å². The fraction of sp³-hybridized carbons (Fsp3) is 0.0769. The largest absolute Gasteiger partial charge is 0.411 e. The Labute approximate surface area is 121 Å². The van der Waals surface area contributed by atoms with Crippen molar-refractivity contribution in [3.63, 3.8) is 0 Å². The molecular weight excluding hydrogens is 297 g/mol. The van der Waals surface area contributed by atoms with Gasteiger partial charge < -0.3 is 5.21 Å². The monoisotopic (exact) mass is 309 g/mol. The van der Waals surface area contributed by atoms with Crippen LogP contribution in [-0.4, -0.2) is 24.3 Å². The van der Waals surface area contributed by atoms with E-state index in [1.54, 1.807) is 19.1 Å². The summed E-state index contributed by atoms with van der Waals surface area (Å²) in [4.78, 5) is 3.24. The summed E-state index contributed by atoms with van der Waals surface area (Å²) in [6.07, 6.45) is 1.98. The van der Waals surface area contributed by atoms with E-state index in [1.807, 2.05) is 0 Å². The third-order valence-corrected chi connectivity index (χ3v) is 4.04.